The van der Waals surface area contributed by atoms with Crippen LogP contribution in [0, 0.1) is 11.8 Å². The van der Waals surface area contributed by atoms with Crippen LogP contribution in [-0.2, 0) is 4.74 Å². The van der Waals surface area contributed by atoms with Gasteiger partial charge in [-0.15, -0.1) is 0 Å². The van der Waals surface area contributed by atoms with Gasteiger partial charge in [0.25, 0.3) is 0 Å². The number of likely N-dealkylation sites (tertiary alicyclic amines) is 2. The summed E-state index contributed by atoms with van der Waals surface area (Å²) in [5.41, 5.74) is 5.98. The monoisotopic (exact) mass is 618 g/mol. The number of imidazole rings is 2. The first-order valence-corrected chi connectivity index (χ1v) is 15.9. The van der Waals surface area contributed by atoms with E-state index in [0.717, 1.165) is 64.7 Å². The summed E-state index contributed by atoms with van der Waals surface area (Å²) in [6, 6.07) is 12.1. The molecule has 5 aromatic rings. The first-order valence-electron chi connectivity index (χ1n) is 15.9. The Hall–Kier alpha value is -5.00. The first-order chi connectivity index (χ1) is 22.1. The minimum absolute atomic E-state index is 0.119. The Morgan fingerprint density at radius 3 is 2.26 bits per heavy atom. The van der Waals surface area contributed by atoms with E-state index in [1.807, 2.05) is 49.9 Å². The van der Waals surface area contributed by atoms with Gasteiger partial charge >= 0.3 is 12.2 Å². The molecule has 0 unspecified atom stereocenters. The Morgan fingerprint density at radius 1 is 0.826 bits per heavy atom. The molecule has 0 radical (unpaired) electrons. The minimum atomic E-state index is -0.893. The highest BCUT2D eigenvalue weighted by molar-refractivity contribution is 5.86. The number of benzene rings is 2. The maximum Gasteiger partial charge on any atom is 0.411 e. The second-order valence-corrected chi connectivity index (χ2v) is 14.2. The third-order valence-corrected chi connectivity index (χ3v) is 9.90. The topological polar surface area (TPSA) is 153 Å². The number of fused-ring (bicyclic) bond motifs is 4. The molecule has 234 valence electrons. The van der Waals surface area contributed by atoms with Gasteiger partial charge in [-0.2, -0.15) is 0 Å². The molecule has 46 heavy (non-hydrogen) atoms. The maximum absolute atomic E-state index is 13.1. The van der Waals surface area contributed by atoms with Gasteiger partial charge in [0.15, 0.2) is 0 Å². The van der Waals surface area contributed by atoms with E-state index in [-0.39, 0.29) is 30.3 Å². The quantitative estimate of drug-likeness (QED) is 0.208. The van der Waals surface area contributed by atoms with Crippen molar-refractivity contribution < 1.29 is 19.4 Å². The molecule has 3 N–H and O–H groups in total. The third-order valence-electron chi connectivity index (χ3n) is 9.90. The standard InChI is InChI=1S/C34H34N8O4/c1-34(2,3)46-33(45)42-27-11-19(27)13-29(42)31-38-21-7-5-17(9-23(21)39-31)16-4-6-20-22(8-16)35-14-24(37-20)25-15-36-30(40-25)28-12-18-10-26(18)41(28)32(43)44/h4-9,14-15,18-19,26-29H,10-13H2,1-3H3,(H,36,40)(H,38,39)(H,43,44)/t18-,19-,26-,27-,28+,29+/m1/s1. The van der Waals surface area contributed by atoms with Gasteiger partial charge in [-0.05, 0) is 93.7 Å². The van der Waals surface area contributed by atoms with Crippen LogP contribution in [0.3, 0.4) is 0 Å². The zero-order chi connectivity index (χ0) is 31.5. The molecule has 2 aliphatic heterocycles. The van der Waals surface area contributed by atoms with E-state index in [1.54, 1.807) is 12.4 Å². The SMILES string of the molecule is CC(C)(C)OC(=O)N1[C@@H]2C[C@@H]2C[C@H]1c1nc2cc(-c3ccc4nc(-c5c[nH]c([C@@H]6C[C@H]7C[C@H]7N6C(=O)O)n5)cnc4c3)ccc2[nH]1. The number of carboxylic acid groups (broad SMARTS) is 1. The van der Waals surface area contributed by atoms with Gasteiger partial charge in [0.05, 0.1) is 40.3 Å². The number of aromatic nitrogens is 6. The predicted octanol–water partition coefficient (Wildman–Crippen LogP) is 6.45. The lowest BCUT2D eigenvalue weighted by Crippen LogP contribution is -2.38. The molecule has 4 fully saturated rings. The highest BCUT2D eigenvalue weighted by atomic mass is 16.6. The molecule has 5 heterocycles. The van der Waals surface area contributed by atoms with Gasteiger partial charge in [-0.25, -0.2) is 24.5 Å². The first kappa shape index (κ1) is 27.3. The summed E-state index contributed by atoms with van der Waals surface area (Å²) < 4.78 is 5.74. The van der Waals surface area contributed by atoms with Gasteiger partial charge in [-0.1, -0.05) is 12.1 Å². The number of H-pyrrole nitrogens is 2. The molecule has 12 nitrogen and oxygen atoms in total. The van der Waals surface area contributed by atoms with Crippen molar-refractivity contribution >= 4 is 34.3 Å². The van der Waals surface area contributed by atoms with E-state index < -0.39 is 11.7 Å². The Morgan fingerprint density at radius 2 is 1.52 bits per heavy atom. The Bertz CT molecular complexity index is 2060. The van der Waals surface area contributed by atoms with Crippen molar-refractivity contribution in [3.8, 4) is 22.5 Å². The molecule has 2 aromatic carbocycles. The molecule has 0 bridgehead atoms. The maximum atomic E-state index is 13.1. The zero-order valence-electron chi connectivity index (χ0n) is 25.8. The Labute approximate surface area is 264 Å². The number of carbonyl (C=O) groups is 2. The molecule has 0 spiro atoms. The molecule has 9 rings (SSSR count). The van der Waals surface area contributed by atoms with Crippen molar-refractivity contribution in [2.24, 2.45) is 11.8 Å². The smallest absolute Gasteiger partial charge is 0.411 e. The minimum Gasteiger partial charge on any atom is -0.465 e. The van der Waals surface area contributed by atoms with Crippen LogP contribution in [0.5, 0.6) is 0 Å². The van der Waals surface area contributed by atoms with Crippen molar-refractivity contribution in [1.82, 2.24) is 39.7 Å². The highest BCUT2D eigenvalue weighted by Crippen LogP contribution is 2.54. The molecular weight excluding hydrogens is 584 g/mol. The van der Waals surface area contributed by atoms with Crippen LogP contribution >= 0.6 is 0 Å². The molecule has 3 aromatic heterocycles. The largest absolute Gasteiger partial charge is 0.465 e. The van der Waals surface area contributed by atoms with Crippen LogP contribution in [0.15, 0.2) is 48.8 Å². The van der Waals surface area contributed by atoms with Gasteiger partial charge in [-0.3, -0.25) is 14.8 Å². The average Bonchev–Trinajstić information content (AvgIpc) is 3.64. The molecule has 2 saturated heterocycles. The van der Waals surface area contributed by atoms with Crippen LogP contribution in [0.25, 0.3) is 44.6 Å². The number of rotatable bonds is 4. The number of aromatic amines is 2. The van der Waals surface area contributed by atoms with Crippen molar-refractivity contribution in [2.45, 2.75) is 76.2 Å². The second kappa shape index (κ2) is 9.51. The van der Waals surface area contributed by atoms with Crippen LogP contribution in [0.2, 0.25) is 0 Å². The van der Waals surface area contributed by atoms with E-state index in [2.05, 4.69) is 22.1 Å². The van der Waals surface area contributed by atoms with Crippen molar-refractivity contribution in [2.75, 3.05) is 0 Å². The van der Waals surface area contributed by atoms with E-state index in [1.165, 1.54) is 4.90 Å². The van der Waals surface area contributed by atoms with E-state index in [4.69, 9.17) is 24.7 Å². The van der Waals surface area contributed by atoms with Crippen molar-refractivity contribution in [3.05, 3.63) is 60.4 Å². The molecule has 2 aliphatic carbocycles. The molecule has 4 aliphatic rings. The molecule has 6 atom stereocenters. The van der Waals surface area contributed by atoms with Gasteiger partial charge in [0, 0.05) is 18.3 Å². The van der Waals surface area contributed by atoms with E-state index in [0.29, 0.717) is 29.0 Å². The van der Waals surface area contributed by atoms with Crippen molar-refractivity contribution in [1.29, 1.82) is 0 Å². The normalized spacial score (nSPS) is 26.4. The van der Waals surface area contributed by atoms with Gasteiger partial charge < -0.3 is 19.8 Å². The lowest BCUT2D eigenvalue weighted by atomic mass is 10.0. The number of piperidine rings is 2. The number of carbonyl (C=O) groups excluding carboxylic acids is 1. The second-order valence-electron chi connectivity index (χ2n) is 14.2. The fourth-order valence-electron chi connectivity index (χ4n) is 7.57. The number of nitrogens with one attached hydrogen (secondary N) is 2. The fourth-order valence-corrected chi connectivity index (χ4v) is 7.57. The van der Waals surface area contributed by atoms with E-state index in [9.17, 15) is 14.7 Å². The summed E-state index contributed by atoms with van der Waals surface area (Å²) in [7, 11) is 0. The summed E-state index contributed by atoms with van der Waals surface area (Å²) in [6.45, 7) is 5.68. The van der Waals surface area contributed by atoms with Crippen LogP contribution in [0.1, 0.15) is 70.2 Å². The predicted molar refractivity (Wildman–Crippen MR) is 169 cm³/mol. The number of nitrogens with zero attached hydrogens (tertiary/aromatic N) is 6. The summed E-state index contributed by atoms with van der Waals surface area (Å²) in [4.78, 5) is 54.1. The van der Waals surface area contributed by atoms with E-state index >= 15 is 0 Å². The highest BCUT2D eigenvalue weighted by Gasteiger charge is 2.57. The summed E-state index contributed by atoms with van der Waals surface area (Å²) in [6.07, 6.45) is 5.99. The molecule has 12 heteroatoms. The number of hydrogen-bond donors (Lipinski definition) is 3. The molecular formula is C34H34N8O4. The fraction of sp³-hybridized carbons (Fsp3) is 0.412. The lowest BCUT2D eigenvalue weighted by molar-refractivity contribution is 0.0175. The van der Waals surface area contributed by atoms with Crippen LogP contribution < -0.4 is 0 Å². The number of amides is 2. The van der Waals surface area contributed by atoms with Gasteiger partial charge in [0.1, 0.15) is 28.6 Å². The number of hydrogen-bond acceptors (Lipinski definition) is 7. The Balaban J connectivity index is 0.959. The zero-order valence-corrected chi connectivity index (χ0v) is 25.8. The number of ether oxygens (including phenoxy) is 1. The summed E-state index contributed by atoms with van der Waals surface area (Å²) >= 11 is 0. The average molecular weight is 619 g/mol. The molecule has 2 amide bonds. The summed E-state index contributed by atoms with van der Waals surface area (Å²) in [5, 5.41) is 9.70. The third kappa shape index (κ3) is 4.49. The molecule has 2 saturated carbocycles. The van der Waals surface area contributed by atoms with Crippen LogP contribution in [-0.4, -0.2) is 74.7 Å². The lowest BCUT2D eigenvalue weighted by Gasteiger charge is -2.29. The Kier molecular flexibility index (Phi) is 5.65. The van der Waals surface area contributed by atoms with Crippen molar-refractivity contribution in [3.63, 3.8) is 0 Å². The van der Waals surface area contributed by atoms with Gasteiger partial charge in [0.2, 0.25) is 0 Å². The summed E-state index contributed by atoms with van der Waals surface area (Å²) in [5.74, 6) is 2.40. The van der Waals surface area contributed by atoms with Crippen LogP contribution in [0.4, 0.5) is 9.59 Å².